The number of hydrogen-bond acceptors (Lipinski definition) is 5. The van der Waals surface area contributed by atoms with Gasteiger partial charge in [0.1, 0.15) is 6.54 Å². The predicted molar refractivity (Wildman–Crippen MR) is 91.6 cm³/mol. The van der Waals surface area contributed by atoms with E-state index in [9.17, 15) is 22.8 Å². The number of thioether (sulfide) groups is 1. The van der Waals surface area contributed by atoms with Crippen molar-refractivity contribution in [1.29, 1.82) is 0 Å². The van der Waals surface area contributed by atoms with Crippen molar-refractivity contribution >= 4 is 40.9 Å². The number of halogens is 4. The highest BCUT2D eigenvalue weighted by Crippen LogP contribution is 2.19. The maximum absolute atomic E-state index is 12.3. The van der Waals surface area contributed by atoms with Crippen LogP contribution < -0.4 is 10.6 Å². The Hall–Kier alpha value is -2.33. The molecule has 0 aliphatic heterocycles. The SMILES string of the molecule is CSc1ncc(Cl)c(C(=O)Nc2cccc(C(=O)NCC(F)(F)F)c2)n1. The number of carbonyl (C=O) groups excluding carboxylic acids is 2. The zero-order valence-electron chi connectivity index (χ0n) is 13.2. The van der Waals surface area contributed by atoms with Crippen molar-refractivity contribution in [3.8, 4) is 0 Å². The molecule has 1 aromatic carbocycles. The van der Waals surface area contributed by atoms with Gasteiger partial charge in [0.05, 0.1) is 11.2 Å². The average molecular weight is 405 g/mol. The summed E-state index contributed by atoms with van der Waals surface area (Å²) in [5, 5.41) is 4.64. The van der Waals surface area contributed by atoms with E-state index in [0.29, 0.717) is 5.16 Å². The fourth-order valence-electron chi connectivity index (χ4n) is 1.82. The molecule has 1 heterocycles. The molecule has 0 fully saturated rings. The van der Waals surface area contributed by atoms with Gasteiger partial charge in [-0.2, -0.15) is 13.2 Å². The number of anilines is 1. The Morgan fingerprint density at radius 2 is 2.00 bits per heavy atom. The summed E-state index contributed by atoms with van der Waals surface area (Å²) in [6, 6.07) is 5.47. The van der Waals surface area contributed by atoms with Gasteiger partial charge in [-0.25, -0.2) is 9.97 Å². The summed E-state index contributed by atoms with van der Waals surface area (Å²) in [5.74, 6) is -1.55. The zero-order valence-corrected chi connectivity index (χ0v) is 14.8. The number of carbonyl (C=O) groups is 2. The lowest BCUT2D eigenvalue weighted by Crippen LogP contribution is -2.33. The maximum atomic E-state index is 12.3. The normalized spacial score (nSPS) is 11.1. The molecule has 0 saturated carbocycles. The Balaban J connectivity index is 2.13. The second kappa shape index (κ2) is 8.37. The van der Waals surface area contributed by atoms with Crippen molar-refractivity contribution in [3.05, 3.63) is 46.7 Å². The summed E-state index contributed by atoms with van der Waals surface area (Å²) in [7, 11) is 0. The minimum absolute atomic E-state index is 0.0364. The minimum Gasteiger partial charge on any atom is -0.343 e. The van der Waals surface area contributed by atoms with E-state index in [0.717, 1.165) is 0 Å². The largest absolute Gasteiger partial charge is 0.405 e. The number of aromatic nitrogens is 2. The average Bonchev–Trinajstić information content (AvgIpc) is 2.59. The standard InChI is InChI=1S/C15H12ClF3N4O2S/c1-26-14-20-6-10(16)11(23-14)13(25)22-9-4-2-3-8(5-9)12(24)21-7-15(17,18)19/h2-6H,7H2,1H3,(H,21,24)(H,22,25). The first-order valence-corrected chi connectivity index (χ1v) is 8.63. The number of hydrogen-bond donors (Lipinski definition) is 2. The molecule has 0 aliphatic carbocycles. The molecule has 2 aromatic rings. The predicted octanol–water partition coefficient (Wildman–Crippen LogP) is 3.40. The van der Waals surface area contributed by atoms with Gasteiger partial charge in [0.15, 0.2) is 10.9 Å². The van der Waals surface area contributed by atoms with E-state index in [-0.39, 0.29) is 22.0 Å². The quantitative estimate of drug-likeness (QED) is 0.589. The first-order chi connectivity index (χ1) is 12.2. The van der Waals surface area contributed by atoms with Crippen LogP contribution in [0, 0.1) is 0 Å². The van der Waals surface area contributed by atoms with Crippen LogP contribution >= 0.6 is 23.4 Å². The molecule has 0 aliphatic rings. The van der Waals surface area contributed by atoms with Gasteiger partial charge in [0.25, 0.3) is 11.8 Å². The van der Waals surface area contributed by atoms with E-state index in [4.69, 9.17) is 11.6 Å². The monoisotopic (exact) mass is 404 g/mol. The third-order valence-electron chi connectivity index (χ3n) is 2.95. The molecule has 0 unspecified atom stereocenters. The van der Waals surface area contributed by atoms with E-state index >= 15 is 0 Å². The van der Waals surface area contributed by atoms with E-state index < -0.39 is 24.5 Å². The molecule has 2 rings (SSSR count). The number of rotatable bonds is 5. The lowest BCUT2D eigenvalue weighted by Gasteiger charge is -2.10. The van der Waals surface area contributed by atoms with Crippen molar-refractivity contribution in [3.63, 3.8) is 0 Å². The number of alkyl halides is 3. The first kappa shape index (κ1) is 20.0. The molecule has 11 heteroatoms. The Bertz CT molecular complexity index is 833. The maximum Gasteiger partial charge on any atom is 0.405 e. The highest BCUT2D eigenvalue weighted by Gasteiger charge is 2.28. The van der Waals surface area contributed by atoms with Crippen LogP contribution in [0.2, 0.25) is 5.02 Å². The van der Waals surface area contributed by atoms with E-state index in [1.807, 2.05) is 0 Å². The van der Waals surface area contributed by atoms with Crippen LogP contribution in [0.15, 0.2) is 35.6 Å². The highest BCUT2D eigenvalue weighted by atomic mass is 35.5. The molecule has 2 amide bonds. The Kier molecular flexibility index (Phi) is 6.43. The van der Waals surface area contributed by atoms with Gasteiger partial charge in [0, 0.05) is 11.3 Å². The third-order valence-corrected chi connectivity index (χ3v) is 3.79. The topological polar surface area (TPSA) is 84.0 Å². The Labute approximate surface area is 155 Å². The zero-order chi connectivity index (χ0) is 19.3. The van der Waals surface area contributed by atoms with Gasteiger partial charge < -0.3 is 10.6 Å². The van der Waals surface area contributed by atoms with Gasteiger partial charge in [-0.1, -0.05) is 29.4 Å². The summed E-state index contributed by atoms with van der Waals surface area (Å²) in [4.78, 5) is 32.0. The van der Waals surface area contributed by atoms with Gasteiger partial charge in [-0.3, -0.25) is 9.59 Å². The van der Waals surface area contributed by atoms with E-state index in [1.165, 1.54) is 42.2 Å². The van der Waals surface area contributed by atoms with Crippen LogP contribution in [0.4, 0.5) is 18.9 Å². The van der Waals surface area contributed by atoms with Crippen LogP contribution in [0.5, 0.6) is 0 Å². The highest BCUT2D eigenvalue weighted by molar-refractivity contribution is 7.98. The van der Waals surface area contributed by atoms with Gasteiger partial charge in [0.2, 0.25) is 0 Å². The summed E-state index contributed by atoms with van der Waals surface area (Å²) >= 11 is 7.14. The minimum atomic E-state index is -4.51. The first-order valence-electron chi connectivity index (χ1n) is 7.02. The Morgan fingerprint density at radius 1 is 1.27 bits per heavy atom. The third kappa shape index (κ3) is 5.60. The molecule has 6 nitrogen and oxygen atoms in total. The van der Waals surface area contributed by atoms with E-state index in [1.54, 1.807) is 11.6 Å². The summed E-state index contributed by atoms with van der Waals surface area (Å²) in [6.07, 6.45) is -1.50. The molecule has 0 bridgehead atoms. The smallest absolute Gasteiger partial charge is 0.343 e. The van der Waals surface area contributed by atoms with Crippen molar-refractivity contribution in [2.24, 2.45) is 0 Å². The summed E-state index contributed by atoms with van der Waals surface area (Å²) in [6.45, 7) is -1.45. The second-order valence-corrected chi connectivity index (χ2v) is 6.07. The van der Waals surface area contributed by atoms with Gasteiger partial charge in [-0.05, 0) is 24.5 Å². The molecular weight excluding hydrogens is 393 g/mol. The molecule has 0 radical (unpaired) electrons. The number of benzene rings is 1. The van der Waals surface area contributed by atoms with E-state index in [2.05, 4.69) is 15.3 Å². The molecule has 138 valence electrons. The van der Waals surface area contributed by atoms with Gasteiger partial charge >= 0.3 is 6.18 Å². The van der Waals surface area contributed by atoms with Crippen molar-refractivity contribution in [2.45, 2.75) is 11.3 Å². The van der Waals surface area contributed by atoms with Crippen LogP contribution in [-0.4, -0.2) is 40.8 Å². The fourth-order valence-corrected chi connectivity index (χ4v) is 2.34. The molecular formula is C15H12ClF3N4O2S. The number of nitrogens with zero attached hydrogens (tertiary/aromatic N) is 2. The van der Waals surface area contributed by atoms with Crippen molar-refractivity contribution in [2.75, 3.05) is 18.1 Å². The van der Waals surface area contributed by atoms with Crippen molar-refractivity contribution < 1.29 is 22.8 Å². The molecule has 2 N–H and O–H groups in total. The van der Waals surface area contributed by atoms with Crippen molar-refractivity contribution in [1.82, 2.24) is 15.3 Å². The second-order valence-electron chi connectivity index (χ2n) is 4.89. The fraction of sp³-hybridized carbons (Fsp3) is 0.200. The van der Waals surface area contributed by atoms with Crippen LogP contribution in [0.3, 0.4) is 0 Å². The molecule has 26 heavy (non-hydrogen) atoms. The summed E-state index contributed by atoms with van der Waals surface area (Å²) in [5.41, 5.74) is 0.110. The summed E-state index contributed by atoms with van der Waals surface area (Å²) < 4.78 is 36.5. The molecule has 1 aromatic heterocycles. The molecule has 0 saturated heterocycles. The molecule has 0 spiro atoms. The lowest BCUT2D eigenvalue weighted by molar-refractivity contribution is -0.123. The Morgan fingerprint density at radius 3 is 2.65 bits per heavy atom. The van der Waals surface area contributed by atoms with Crippen LogP contribution in [0.25, 0.3) is 0 Å². The number of nitrogens with one attached hydrogen (secondary N) is 2. The lowest BCUT2D eigenvalue weighted by atomic mass is 10.2. The van der Waals surface area contributed by atoms with Gasteiger partial charge in [-0.15, -0.1) is 0 Å². The van der Waals surface area contributed by atoms with Crippen LogP contribution in [0.1, 0.15) is 20.8 Å². The van der Waals surface area contributed by atoms with Crippen LogP contribution in [-0.2, 0) is 0 Å². The molecule has 0 atom stereocenters. The number of amides is 2.